The van der Waals surface area contributed by atoms with E-state index in [2.05, 4.69) is 71.0 Å². The second-order valence-corrected chi connectivity index (χ2v) is 14.7. The molecule has 9 atom stereocenters. The van der Waals surface area contributed by atoms with Gasteiger partial charge in [0.15, 0.2) is 0 Å². The molecule has 3 saturated carbocycles. The van der Waals surface area contributed by atoms with Crippen molar-refractivity contribution in [3.05, 3.63) is 47.5 Å². The summed E-state index contributed by atoms with van der Waals surface area (Å²) in [6, 6.07) is 10.8. The molecule has 0 aromatic heterocycles. The molecule has 2 heteroatoms. The highest BCUT2D eigenvalue weighted by Crippen LogP contribution is 2.67. The van der Waals surface area contributed by atoms with E-state index in [0.717, 1.165) is 61.9 Å². The van der Waals surface area contributed by atoms with Crippen LogP contribution in [-0.4, -0.2) is 23.9 Å². The van der Waals surface area contributed by atoms with Crippen molar-refractivity contribution >= 4 is 0 Å². The van der Waals surface area contributed by atoms with Gasteiger partial charge in [-0.25, -0.2) is 0 Å². The molecule has 1 unspecified atom stereocenters. The first-order valence-electron chi connectivity index (χ1n) is 16.3. The van der Waals surface area contributed by atoms with Gasteiger partial charge in [-0.2, -0.15) is 0 Å². The molecule has 0 saturated heterocycles. The van der Waals surface area contributed by atoms with Crippen molar-refractivity contribution in [3.8, 4) is 0 Å². The molecule has 3 fully saturated rings. The lowest BCUT2D eigenvalue weighted by Gasteiger charge is -2.60. The molecule has 1 N–H and O–H groups in total. The first-order valence-corrected chi connectivity index (χ1v) is 16.3. The van der Waals surface area contributed by atoms with Crippen LogP contribution in [-0.2, 0) is 11.2 Å². The van der Waals surface area contributed by atoms with Crippen molar-refractivity contribution in [2.24, 2.45) is 46.3 Å². The Balaban J connectivity index is 1.28. The molecule has 4 aliphatic rings. The number of aliphatic hydroxyl groups excluding tert-OH is 1. The van der Waals surface area contributed by atoms with Gasteiger partial charge < -0.3 is 9.84 Å². The number of fused-ring (bicyclic) bond motifs is 5. The van der Waals surface area contributed by atoms with Gasteiger partial charge in [0.05, 0.1) is 12.2 Å². The van der Waals surface area contributed by atoms with Crippen LogP contribution in [0.5, 0.6) is 0 Å². The quantitative estimate of drug-likeness (QED) is 0.246. The number of ether oxygens (including phenoxy) is 1. The van der Waals surface area contributed by atoms with Gasteiger partial charge in [0.1, 0.15) is 0 Å². The van der Waals surface area contributed by atoms with E-state index in [1.54, 1.807) is 0 Å². The van der Waals surface area contributed by atoms with Crippen molar-refractivity contribution in [1.82, 2.24) is 0 Å². The molecule has 5 rings (SSSR count). The van der Waals surface area contributed by atoms with E-state index in [1.807, 2.05) is 0 Å². The van der Waals surface area contributed by atoms with Crippen LogP contribution in [0.1, 0.15) is 111 Å². The number of rotatable bonds is 10. The Hall–Kier alpha value is -1.12. The van der Waals surface area contributed by atoms with Crippen molar-refractivity contribution in [2.75, 3.05) is 6.61 Å². The second kappa shape index (κ2) is 11.8. The van der Waals surface area contributed by atoms with Gasteiger partial charge in [-0.1, -0.05) is 95.9 Å². The van der Waals surface area contributed by atoms with Gasteiger partial charge in [0, 0.05) is 18.4 Å². The van der Waals surface area contributed by atoms with Gasteiger partial charge in [0.2, 0.25) is 0 Å². The molecule has 0 spiro atoms. The average molecular weight is 521 g/mol. The van der Waals surface area contributed by atoms with E-state index < -0.39 is 0 Å². The van der Waals surface area contributed by atoms with E-state index in [0.29, 0.717) is 11.3 Å². The zero-order valence-electron chi connectivity index (χ0n) is 25.1. The summed E-state index contributed by atoms with van der Waals surface area (Å²) in [5.74, 6) is 4.95. The average Bonchev–Trinajstić information content (AvgIpc) is 3.25. The number of allylic oxidation sites excluding steroid dienone is 1. The van der Waals surface area contributed by atoms with Crippen LogP contribution in [0, 0.1) is 46.3 Å². The number of hydrogen-bond acceptors (Lipinski definition) is 2. The summed E-state index contributed by atoms with van der Waals surface area (Å²) >= 11 is 0. The highest BCUT2D eigenvalue weighted by molar-refractivity contribution is 5.28. The van der Waals surface area contributed by atoms with Gasteiger partial charge in [-0.15, -0.1) is 0 Å². The predicted octanol–water partition coefficient (Wildman–Crippen LogP) is 9.02. The van der Waals surface area contributed by atoms with Gasteiger partial charge in [-0.05, 0) is 97.9 Å². The minimum absolute atomic E-state index is 0.0944. The molecule has 212 valence electrons. The molecule has 4 aliphatic carbocycles. The van der Waals surface area contributed by atoms with Crippen LogP contribution >= 0.6 is 0 Å². The summed E-state index contributed by atoms with van der Waals surface area (Å²) < 4.78 is 6.76. The Morgan fingerprint density at radius 1 is 0.974 bits per heavy atom. The van der Waals surface area contributed by atoms with Crippen LogP contribution in [0.3, 0.4) is 0 Å². The molecule has 0 radical (unpaired) electrons. The first kappa shape index (κ1) is 28.4. The molecule has 2 nitrogen and oxygen atoms in total. The Morgan fingerprint density at radius 3 is 2.53 bits per heavy atom. The molecule has 1 aromatic rings. The lowest BCUT2D eigenvalue weighted by molar-refractivity contribution is -0.131. The normalized spacial score (nSPS) is 39.3. The number of aliphatic hydroxyl groups is 1. The van der Waals surface area contributed by atoms with Crippen molar-refractivity contribution < 1.29 is 9.84 Å². The minimum atomic E-state index is -0.249. The standard InChI is InChI=1S/C36H56O2/c1-25(2)11-9-12-26(3)31-18-19-32-30-17-16-28-23-29(37)24-34(36(28,5)33(30)20-21-35(31,32)4)38-22-10-15-27-13-7-6-8-14-27/h6-8,13-14,16,25-26,29-34,37H,9-12,15,17-24H2,1-5H3/t26-,29-,30+,31-,32+,33+,34?,35-,36+/m1/s1. The fourth-order valence-corrected chi connectivity index (χ4v) is 10.1. The Morgan fingerprint density at radius 2 is 1.76 bits per heavy atom. The summed E-state index contributed by atoms with van der Waals surface area (Å²) in [5.41, 5.74) is 3.52. The third-order valence-electron chi connectivity index (χ3n) is 12.1. The van der Waals surface area contributed by atoms with E-state index in [4.69, 9.17) is 4.74 Å². The van der Waals surface area contributed by atoms with Crippen LogP contribution in [0.15, 0.2) is 42.0 Å². The third kappa shape index (κ3) is 5.43. The van der Waals surface area contributed by atoms with Gasteiger partial charge in [-0.3, -0.25) is 0 Å². The molecule has 0 bridgehead atoms. The number of aryl methyl sites for hydroxylation is 1. The lowest BCUT2D eigenvalue weighted by Crippen LogP contribution is -2.56. The Kier molecular flexibility index (Phi) is 8.81. The summed E-state index contributed by atoms with van der Waals surface area (Å²) in [6.07, 6.45) is 17.3. The summed E-state index contributed by atoms with van der Waals surface area (Å²) in [7, 11) is 0. The predicted molar refractivity (Wildman–Crippen MR) is 159 cm³/mol. The topological polar surface area (TPSA) is 29.5 Å². The van der Waals surface area contributed by atoms with E-state index in [-0.39, 0.29) is 17.6 Å². The van der Waals surface area contributed by atoms with Crippen LogP contribution in [0.25, 0.3) is 0 Å². The SMILES string of the molecule is CC(C)CCC[C@@H](C)[C@H]1CC[C@H]2[C@@H]3CC=C4C[C@@H](O)CC(OCCCc5ccccc5)[C@]4(C)[C@H]3CC[C@]12C. The highest BCUT2D eigenvalue weighted by Gasteiger charge is 2.61. The number of benzene rings is 1. The van der Waals surface area contributed by atoms with Gasteiger partial charge in [0.25, 0.3) is 0 Å². The highest BCUT2D eigenvalue weighted by atomic mass is 16.5. The fraction of sp³-hybridized carbons (Fsp3) is 0.778. The van der Waals surface area contributed by atoms with Gasteiger partial charge >= 0.3 is 0 Å². The monoisotopic (exact) mass is 520 g/mol. The summed E-state index contributed by atoms with van der Waals surface area (Å²) in [4.78, 5) is 0. The molecular weight excluding hydrogens is 464 g/mol. The maximum Gasteiger partial charge on any atom is 0.0693 e. The maximum atomic E-state index is 10.8. The summed E-state index contributed by atoms with van der Waals surface area (Å²) in [6.45, 7) is 13.3. The van der Waals surface area contributed by atoms with Crippen molar-refractivity contribution in [2.45, 2.75) is 124 Å². The maximum absolute atomic E-state index is 10.8. The molecule has 38 heavy (non-hydrogen) atoms. The van der Waals surface area contributed by atoms with Crippen molar-refractivity contribution in [1.29, 1.82) is 0 Å². The largest absolute Gasteiger partial charge is 0.393 e. The zero-order valence-corrected chi connectivity index (χ0v) is 25.1. The molecule has 0 heterocycles. The Bertz CT molecular complexity index is 936. The smallest absolute Gasteiger partial charge is 0.0693 e. The molecule has 1 aromatic carbocycles. The first-order chi connectivity index (χ1) is 18.2. The third-order valence-corrected chi connectivity index (χ3v) is 12.1. The zero-order chi connectivity index (χ0) is 26.9. The van der Waals surface area contributed by atoms with Crippen LogP contribution in [0.4, 0.5) is 0 Å². The lowest BCUT2D eigenvalue weighted by atomic mass is 9.46. The molecular formula is C36H56O2. The fourth-order valence-electron chi connectivity index (χ4n) is 10.1. The van der Waals surface area contributed by atoms with E-state index >= 15 is 0 Å². The molecule has 0 amide bonds. The van der Waals surface area contributed by atoms with Crippen LogP contribution < -0.4 is 0 Å². The van der Waals surface area contributed by atoms with Crippen molar-refractivity contribution in [3.63, 3.8) is 0 Å². The van der Waals surface area contributed by atoms with Crippen LogP contribution in [0.2, 0.25) is 0 Å². The van der Waals surface area contributed by atoms with E-state index in [9.17, 15) is 5.11 Å². The Labute approximate surface area is 234 Å². The second-order valence-electron chi connectivity index (χ2n) is 14.7. The van der Waals surface area contributed by atoms with E-state index in [1.165, 1.54) is 62.5 Å². The molecule has 0 aliphatic heterocycles. The minimum Gasteiger partial charge on any atom is -0.393 e. The number of hydrogen-bond donors (Lipinski definition) is 1. The summed E-state index contributed by atoms with van der Waals surface area (Å²) in [5, 5.41) is 10.8.